The zero-order valence-corrected chi connectivity index (χ0v) is 17.3. The number of benzene rings is 3. The van der Waals surface area contributed by atoms with E-state index in [1.807, 2.05) is 34.9 Å². The number of amides is 1. The van der Waals surface area contributed by atoms with E-state index in [0.29, 0.717) is 17.9 Å². The number of para-hydroxylation sites is 1. The van der Waals surface area contributed by atoms with Gasteiger partial charge in [-0.05, 0) is 72.9 Å². The molecule has 1 aromatic heterocycles. The SMILES string of the molecule is O=C(O)c1ccc(NC(=O)c2ccc(NCn3c(=S)sc4ccccc43)cc2)cc1. The van der Waals surface area contributed by atoms with Crippen LogP contribution in [0.2, 0.25) is 0 Å². The number of aromatic nitrogens is 1. The number of fused-ring (bicyclic) bond motifs is 1. The molecule has 6 nitrogen and oxygen atoms in total. The number of thiazole rings is 1. The second-order valence-electron chi connectivity index (χ2n) is 6.51. The number of rotatable bonds is 6. The fraction of sp³-hybridized carbons (Fsp3) is 0.0455. The Labute approximate surface area is 181 Å². The van der Waals surface area contributed by atoms with Gasteiger partial charge in [-0.25, -0.2) is 4.79 Å². The molecule has 0 aliphatic carbocycles. The topological polar surface area (TPSA) is 83.4 Å². The molecule has 4 rings (SSSR count). The molecule has 0 radical (unpaired) electrons. The lowest BCUT2D eigenvalue weighted by molar-refractivity contribution is 0.0696. The zero-order valence-electron chi connectivity index (χ0n) is 15.7. The van der Waals surface area contributed by atoms with E-state index in [9.17, 15) is 9.59 Å². The number of anilines is 2. The number of carbonyl (C=O) groups is 2. The summed E-state index contributed by atoms with van der Waals surface area (Å²) in [4.78, 5) is 23.3. The van der Waals surface area contributed by atoms with Crippen molar-refractivity contribution in [3.63, 3.8) is 0 Å². The number of nitrogens with one attached hydrogen (secondary N) is 2. The molecule has 0 aliphatic rings. The van der Waals surface area contributed by atoms with Gasteiger partial charge in [-0.3, -0.25) is 4.79 Å². The highest BCUT2D eigenvalue weighted by molar-refractivity contribution is 7.73. The summed E-state index contributed by atoms with van der Waals surface area (Å²) >= 11 is 7.04. The summed E-state index contributed by atoms with van der Waals surface area (Å²) in [6.45, 7) is 0.532. The fourth-order valence-corrected chi connectivity index (χ4v) is 4.30. The highest BCUT2D eigenvalue weighted by Gasteiger charge is 2.08. The van der Waals surface area contributed by atoms with E-state index in [1.54, 1.807) is 35.6 Å². The van der Waals surface area contributed by atoms with E-state index in [0.717, 1.165) is 19.9 Å². The maximum Gasteiger partial charge on any atom is 0.335 e. The largest absolute Gasteiger partial charge is 0.478 e. The lowest BCUT2D eigenvalue weighted by Crippen LogP contribution is -2.12. The van der Waals surface area contributed by atoms with Crippen LogP contribution in [0.5, 0.6) is 0 Å². The molecule has 1 amide bonds. The van der Waals surface area contributed by atoms with Crippen LogP contribution < -0.4 is 10.6 Å². The van der Waals surface area contributed by atoms with Crippen molar-refractivity contribution >= 4 is 57.0 Å². The molecule has 3 N–H and O–H groups in total. The molecular formula is C22H17N3O3S2. The fourth-order valence-electron chi connectivity index (χ4n) is 2.97. The number of carbonyl (C=O) groups excluding carboxylic acids is 1. The van der Waals surface area contributed by atoms with Gasteiger partial charge in [0.1, 0.15) is 0 Å². The van der Waals surface area contributed by atoms with Crippen LogP contribution >= 0.6 is 23.6 Å². The van der Waals surface area contributed by atoms with Crippen molar-refractivity contribution in [2.45, 2.75) is 6.67 Å². The Hall–Kier alpha value is -3.49. The monoisotopic (exact) mass is 435 g/mol. The van der Waals surface area contributed by atoms with E-state index in [2.05, 4.69) is 16.7 Å². The van der Waals surface area contributed by atoms with Gasteiger partial charge in [0.2, 0.25) is 0 Å². The van der Waals surface area contributed by atoms with Gasteiger partial charge in [0.15, 0.2) is 3.95 Å². The Kier molecular flexibility index (Phi) is 5.60. The van der Waals surface area contributed by atoms with Crippen molar-refractivity contribution in [2.75, 3.05) is 10.6 Å². The van der Waals surface area contributed by atoms with Crippen LogP contribution in [0.4, 0.5) is 11.4 Å². The molecule has 0 saturated heterocycles. The quantitative estimate of drug-likeness (QED) is 0.351. The first kappa shape index (κ1) is 19.8. The lowest BCUT2D eigenvalue weighted by Gasteiger charge is -2.10. The molecule has 0 unspecified atom stereocenters. The predicted molar refractivity (Wildman–Crippen MR) is 122 cm³/mol. The standard InChI is InChI=1S/C22H17N3O3S2/c26-20(24-17-11-7-15(8-12-17)21(27)28)14-5-9-16(10-6-14)23-13-25-18-3-1-2-4-19(18)30-22(25)29/h1-12,23H,13H2,(H,24,26)(H,27,28). The number of hydrogen-bond acceptors (Lipinski definition) is 5. The average Bonchev–Trinajstić information content (AvgIpc) is 3.08. The number of hydrogen-bond donors (Lipinski definition) is 3. The van der Waals surface area contributed by atoms with Crippen LogP contribution in [0.25, 0.3) is 10.2 Å². The Bertz CT molecular complexity index is 1280. The number of aromatic carboxylic acids is 1. The minimum atomic E-state index is -1.01. The summed E-state index contributed by atoms with van der Waals surface area (Å²) < 4.78 is 3.98. The maximum absolute atomic E-state index is 12.4. The van der Waals surface area contributed by atoms with E-state index in [4.69, 9.17) is 17.3 Å². The zero-order chi connectivity index (χ0) is 21.1. The van der Waals surface area contributed by atoms with Crippen LogP contribution in [-0.4, -0.2) is 21.6 Å². The highest BCUT2D eigenvalue weighted by atomic mass is 32.1. The molecule has 0 atom stereocenters. The van der Waals surface area contributed by atoms with Gasteiger partial charge in [0, 0.05) is 16.9 Å². The van der Waals surface area contributed by atoms with Crippen LogP contribution in [0.15, 0.2) is 72.8 Å². The van der Waals surface area contributed by atoms with Gasteiger partial charge in [-0.2, -0.15) is 0 Å². The molecule has 30 heavy (non-hydrogen) atoms. The normalized spacial score (nSPS) is 10.7. The minimum absolute atomic E-state index is 0.168. The average molecular weight is 436 g/mol. The molecule has 3 aromatic carbocycles. The van der Waals surface area contributed by atoms with Gasteiger partial charge in [-0.15, -0.1) is 11.3 Å². The molecule has 150 valence electrons. The molecule has 8 heteroatoms. The molecule has 0 saturated carbocycles. The highest BCUT2D eigenvalue weighted by Crippen LogP contribution is 2.23. The molecule has 1 heterocycles. The van der Waals surface area contributed by atoms with Crippen molar-refractivity contribution in [2.24, 2.45) is 0 Å². The van der Waals surface area contributed by atoms with Crippen molar-refractivity contribution in [1.29, 1.82) is 0 Å². The molecule has 0 fully saturated rings. The Morgan fingerprint density at radius 2 is 1.53 bits per heavy atom. The van der Waals surface area contributed by atoms with Gasteiger partial charge in [-0.1, -0.05) is 12.1 Å². The van der Waals surface area contributed by atoms with Gasteiger partial charge >= 0.3 is 5.97 Å². The van der Waals surface area contributed by atoms with Crippen molar-refractivity contribution in [3.8, 4) is 0 Å². The minimum Gasteiger partial charge on any atom is -0.478 e. The third-order valence-electron chi connectivity index (χ3n) is 4.55. The van der Waals surface area contributed by atoms with Crippen LogP contribution in [0, 0.1) is 3.95 Å². The second-order valence-corrected chi connectivity index (χ2v) is 8.19. The van der Waals surface area contributed by atoms with Gasteiger partial charge in [0.05, 0.1) is 22.4 Å². The first-order valence-electron chi connectivity index (χ1n) is 9.08. The molecule has 4 aromatic rings. The first-order valence-corrected chi connectivity index (χ1v) is 10.3. The predicted octanol–water partition coefficient (Wildman–Crippen LogP) is 5.45. The second kappa shape index (κ2) is 8.48. The molecule has 0 aliphatic heterocycles. The van der Waals surface area contributed by atoms with Gasteiger partial charge in [0.25, 0.3) is 5.91 Å². The van der Waals surface area contributed by atoms with Crippen molar-refractivity contribution in [3.05, 3.63) is 87.9 Å². The van der Waals surface area contributed by atoms with E-state index < -0.39 is 5.97 Å². The summed E-state index contributed by atoms with van der Waals surface area (Å²) in [7, 11) is 0. The third-order valence-corrected chi connectivity index (χ3v) is 5.98. The van der Waals surface area contributed by atoms with Crippen LogP contribution in [-0.2, 0) is 6.67 Å². The third kappa shape index (κ3) is 4.24. The first-order chi connectivity index (χ1) is 14.5. The van der Waals surface area contributed by atoms with Crippen LogP contribution in [0.1, 0.15) is 20.7 Å². The number of nitrogens with zero attached hydrogens (tertiary/aromatic N) is 1. The Balaban J connectivity index is 1.41. The molecule has 0 bridgehead atoms. The smallest absolute Gasteiger partial charge is 0.335 e. The van der Waals surface area contributed by atoms with Gasteiger partial charge < -0.3 is 20.3 Å². The van der Waals surface area contributed by atoms with Crippen molar-refractivity contribution in [1.82, 2.24) is 4.57 Å². The van der Waals surface area contributed by atoms with Crippen molar-refractivity contribution < 1.29 is 14.7 Å². The summed E-state index contributed by atoms with van der Waals surface area (Å²) in [5.74, 6) is -1.27. The molecular weight excluding hydrogens is 418 g/mol. The summed E-state index contributed by atoms with van der Waals surface area (Å²) in [6, 6.07) is 21.2. The van der Waals surface area contributed by atoms with E-state index in [1.165, 1.54) is 12.1 Å². The summed E-state index contributed by atoms with van der Waals surface area (Å²) in [5.41, 5.74) is 3.16. The Morgan fingerprint density at radius 1 is 0.900 bits per heavy atom. The summed E-state index contributed by atoms with van der Waals surface area (Å²) in [5, 5.41) is 15.0. The van der Waals surface area contributed by atoms with Crippen LogP contribution in [0.3, 0.4) is 0 Å². The van der Waals surface area contributed by atoms with E-state index >= 15 is 0 Å². The maximum atomic E-state index is 12.4. The summed E-state index contributed by atoms with van der Waals surface area (Å²) in [6.07, 6.45) is 0. The Morgan fingerprint density at radius 3 is 2.23 bits per heavy atom. The lowest BCUT2D eigenvalue weighted by atomic mass is 10.1. The number of carboxylic acid groups (broad SMARTS) is 1. The van der Waals surface area contributed by atoms with E-state index in [-0.39, 0.29) is 11.5 Å². The number of carboxylic acids is 1. The molecule has 0 spiro atoms.